The normalized spacial score (nSPS) is 10.7. The molecule has 1 aromatic carbocycles. The molecule has 8 heteroatoms. The molecule has 0 saturated heterocycles. The number of benzene rings is 1. The van der Waals surface area contributed by atoms with Gasteiger partial charge in [0, 0.05) is 0 Å². The zero-order valence-corrected chi connectivity index (χ0v) is 9.60. The maximum atomic E-state index is 10.5. The van der Waals surface area contributed by atoms with Crippen molar-refractivity contribution < 1.29 is 27.3 Å². The van der Waals surface area contributed by atoms with Gasteiger partial charge in [0.15, 0.2) is 0 Å². The van der Waals surface area contributed by atoms with Gasteiger partial charge < -0.3 is 9.79 Å². The monoisotopic (exact) mass is 254 g/mol. The molecule has 0 atom stereocenters. The van der Waals surface area contributed by atoms with Crippen molar-refractivity contribution in [1.82, 2.24) is 0 Å². The van der Waals surface area contributed by atoms with Crippen LogP contribution in [0.2, 0.25) is 0 Å². The van der Waals surface area contributed by atoms with Crippen molar-refractivity contribution in [3.63, 3.8) is 0 Å². The third kappa shape index (κ3) is 7.24. The Morgan fingerprint density at radius 2 is 1.47 bits per heavy atom. The van der Waals surface area contributed by atoms with Crippen molar-refractivity contribution in [2.45, 2.75) is 11.8 Å². The van der Waals surface area contributed by atoms with E-state index in [1.807, 2.05) is 6.92 Å². The molecule has 0 amide bonds. The fraction of sp³-hybridized carbons (Fsp3) is 0.143. The third-order valence-electron chi connectivity index (χ3n) is 1.32. The predicted octanol–water partition coefficient (Wildman–Crippen LogP) is 0.602. The van der Waals surface area contributed by atoms with Crippen LogP contribution >= 0.6 is 8.25 Å². The van der Waals surface area contributed by atoms with Crippen molar-refractivity contribution in [3.8, 4) is 0 Å². The molecule has 0 saturated carbocycles. The summed E-state index contributed by atoms with van der Waals surface area (Å²) in [7, 11) is -7.15. The van der Waals surface area contributed by atoms with Crippen LogP contribution in [0.4, 0.5) is 0 Å². The lowest BCUT2D eigenvalue weighted by Crippen LogP contribution is -1.96. The van der Waals surface area contributed by atoms with Gasteiger partial charge in [-0.25, -0.2) is 0 Å². The molecule has 0 radical (unpaired) electrons. The quantitative estimate of drug-likeness (QED) is 0.500. The van der Waals surface area contributed by atoms with Crippen molar-refractivity contribution in [3.05, 3.63) is 29.8 Å². The van der Waals surface area contributed by atoms with Crippen LogP contribution in [0.5, 0.6) is 0 Å². The molecule has 86 valence electrons. The Kier molecular flexibility index (Phi) is 5.71. The summed E-state index contributed by atoms with van der Waals surface area (Å²) in [6, 6.07) is 5.99. The molecule has 0 spiro atoms. The zero-order valence-electron chi connectivity index (χ0n) is 7.78. The molecule has 0 aliphatic carbocycles. The second kappa shape index (κ2) is 5.99. The van der Waals surface area contributed by atoms with Gasteiger partial charge >= 0.3 is 8.25 Å². The first-order valence-corrected chi connectivity index (χ1v) is 6.44. The van der Waals surface area contributed by atoms with E-state index >= 15 is 0 Å². The summed E-state index contributed by atoms with van der Waals surface area (Å²) >= 11 is 0. The van der Waals surface area contributed by atoms with E-state index in [0.29, 0.717) is 0 Å². The minimum Gasteiger partial charge on any atom is -0.326 e. The van der Waals surface area contributed by atoms with Crippen molar-refractivity contribution >= 4 is 18.4 Å². The van der Waals surface area contributed by atoms with Gasteiger partial charge in [-0.2, -0.15) is 8.42 Å². The van der Waals surface area contributed by atoms with E-state index in [0.717, 1.165) is 5.56 Å². The first-order valence-electron chi connectivity index (χ1n) is 3.69. The average Bonchev–Trinajstić information content (AvgIpc) is 2.01. The molecule has 0 aromatic heterocycles. The van der Waals surface area contributed by atoms with E-state index in [-0.39, 0.29) is 4.90 Å². The maximum Gasteiger partial charge on any atom is 0.314 e. The van der Waals surface area contributed by atoms with E-state index in [2.05, 4.69) is 0 Å². The second-order valence-electron chi connectivity index (χ2n) is 2.57. The smallest absolute Gasteiger partial charge is 0.314 e. The number of hydrogen-bond acceptors (Lipinski definition) is 3. The molecule has 1 rings (SSSR count). The van der Waals surface area contributed by atoms with Crippen molar-refractivity contribution in [2.75, 3.05) is 0 Å². The maximum absolute atomic E-state index is 10.5. The molecule has 0 heterocycles. The Balaban J connectivity index is 0.000000423. The summed E-state index contributed by atoms with van der Waals surface area (Å²) in [5.41, 5.74) is 0.956. The van der Waals surface area contributed by atoms with Crippen LogP contribution in [-0.2, 0) is 14.7 Å². The Morgan fingerprint density at radius 3 is 1.73 bits per heavy atom. The van der Waals surface area contributed by atoms with Gasteiger partial charge in [-0.05, 0) is 19.1 Å². The van der Waals surface area contributed by atoms with Gasteiger partial charge in [0.1, 0.15) is 0 Å². The van der Waals surface area contributed by atoms with Crippen LogP contribution in [-0.4, -0.2) is 22.8 Å². The highest BCUT2D eigenvalue weighted by molar-refractivity contribution is 7.85. The first kappa shape index (κ1) is 14.3. The summed E-state index contributed by atoms with van der Waals surface area (Å²) in [6.45, 7) is 1.84. The highest BCUT2D eigenvalue weighted by atomic mass is 32.2. The Labute approximate surface area is 87.9 Å². The molecular weight excluding hydrogens is 243 g/mol. The lowest BCUT2D eigenvalue weighted by atomic mass is 10.2. The average molecular weight is 254 g/mol. The summed E-state index contributed by atoms with van der Waals surface area (Å²) in [4.78, 5) is 14.2. The number of aryl methyl sites for hydroxylation is 1. The van der Waals surface area contributed by atoms with Gasteiger partial charge in [-0.15, -0.1) is 0 Å². The lowest BCUT2D eigenvalue weighted by Gasteiger charge is -1.95. The van der Waals surface area contributed by atoms with Crippen LogP contribution in [0.15, 0.2) is 29.2 Å². The standard InChI is InChI=1S/C7H8O3S.H3O3P/c1-6-2-4-7(5-3-6)11(8,9)10;1-4(2)3/h2-5H,1H3,(H,8,9,10);4H,(H2,1,2,3). The lowest BCUT2D eigenvalue weighted by molar-refractivity contribution is 0.405. The molecule has 0 bridgehead atoms. The second-order valence-corrected chi connectivity index (χ2v) is 4.56. The van der Waals surface area contributed by atoms with E-state index < -0.39 is 18.4 Å². The Hall–Kier alpha value is -0.720. The van der Waals surface area contributed by atoms with Crippen LogP contribution in [0.25, 0.3) is 0 Å². The topological polar surface area (TPSA) is 112 Å². The van der Waals surface area contributed by atoms with Crippen molar-refractivity contribution in [1.29, 1.82) is 0 Å². The van der Waals surface area contributed by atoms with Gasteiger partial charge in [0.05, 0.1) is 4.90 Å². The van der Waals surface area contributed by atoms with Crippen molar-refractivity contribution in [2.24, 2.45) is 0 Å². The van der Waals surface area contributed by atoms with Gasteiger partial charge in [-0.1, -0.05) is 17.7 Å². The van der Waals surface area contributed by atoms with Crippen LogP contribution in [0.3, 0.4) is 0 Å². The fourth-order valence-corrected chi connectivity index (χ4v) is 1.19. The van der Waals surface area contributed by atoms with Crippen LogP contribution in [0, 0.1) is 6.92 Å². The number of rotatable bonds is 1. The third-order valence-corrected chi connectivity index (χ3v) is 2.19. The minimum absolute atomic E-state index is 0.0666. The van der Waals surface area contributed by atoms with E-state index in [4.69, 9.17) is 18.9 Å². The molecular formula is C7H11O6PS. The number of hydrogen-bond donors (Lipinski definition) is 3. The summed E-state index contributed by atoms with van der Waals surface area (Å²) in [5.74, 6) is 0. The van der Waals surface area contributed by atoms with E-state index in [1.165, 1.54) is 12.1 Å². The highest BCUT2D eigenvalue weighted by Crippen LogP contribution is 2.08. The Morgan fingerprint density at radius 1 is 1.13 bits per heavy atom. The SMILES string of the molecule is Cc1ccc(S(=O)(=O)O)cc1.O=[PH](O)O. The molecule has 0 aliphatic rings. The molecule has 0 fully saturated rings. The van der Waals surface area contributed by atoms with Gasteiger partial charge in [0.25, 0.3) is 10.1 Å². The van der Waals surface area contributed by atoms with E-state index in [9.17, 15) is 8.42 Å². The summed E-state index contributed by atoms with van der Waals surface area (Å²) in [5, 5.41) is 0. The summed E-state index contributed by atoms with van der Waals surface area (Å²) < 4.78 is 38.3. The molecule has 15 heavy (non-hydrogen) atoms. The first-order chi connectivity index (χ1) is 6.73. The van der Waals surface area contributed by atoms with Gasteiger partial charge in [-0.3, -0.25) is 9.12 Å². The Bertz CT molecular complexity index is 419. The summed E-state index contributed by atoms with van der Waals surface area (Å²) in [6.07, 6.45) is 0. The predicted molar refractivity (Wildman–Crippen MR) is 54.4 cm³/mol. The molecule has 1 aromatic rings. The largest absolute Gasteiger partial charge is 0.326 e. The molecule has 3 N–H and O–H groups in total. The van der Waals surface area contributed by atoms with Crippen LogP contribution in [0.1, 0.15) is 5.56 Å². The van der Waals surface area contributed by atoms with E-state index in [1.54, 1.807) is 12.1 Å². The fourth-order valence-electron chi connectivity index (χ4n) is 0.710. The van der Waals surface area contributed by atoms with Gasteiger partial charge in [0.2, 0.25) is 0 Å². The molecule has 0 unspecified atom stereocenters. The minimum atomic E-state index is -4.02. The van der Waals surface area contributed by atoms with Crippen LogP contribution < -0.4 is 0 Å². The highest BCUT2D eigenvalue weighted by Gasteiger charge is 2.06. The zero-order chi connectivity index (χ0) is 12.1. The molecule has 0 aliphatic heterocycles. The molecule has 6 nitrogen and oxygen atoms in total.